The minimum atomic E-state index is -4.52. The van der Waals surface area contributed by atoms with Crippen LogP contribution in [0.4, 0.5) is 18.9 Å². The van der Waals surface area contributed by atoms with Crippen molar-refractivity contribution < 1.29 is 13.2 Å². The molecule has 0 bridgehead atoms. The Labute approximate surface area is 90.0 Å². The number of benzene rings is 1. The molecular formula is C9H10ClF3N2. The molecule has 0 spiro atoms. The van der Waals surface area contributed by atoms with Gasteiger partial charge in [-0.2, -0.15) is 13.2 Å². The van der Waals surface area contributed by atoms with Crippen molar-refractivity contribution in [1.29, 1.82) is 0 Å². The van der Waals surface area contributed by atoms with Gasteiger partial charge in [-0.15, -0.1) is 0 Å². The van der Waals surface area contributed by atoms with Crippen molar-refractivity contribution in [3.05, 3.63) is 28.3 Å². The third-order valence-corrected chi connectivity index (χ3v) is 2.34. The highest BCUT2D eigenvalue weighted by molar-refractivity contribution is 6.32. The summed E-state index contributed by atoms with van der Waals surface area (Å²) < 4.78 is 37.5. The topological polar surface area (TPSA) is 52.0 Å². The number of hydrogen-bond acceptors (Lipinski definition) is 2. The minimum absolute atomic E-state index is 0.000903. The van der Waals surface area contributed by atoms with Crippen LogP contribution in [0.25, 0.3) is 0 Å². The lowest BCUT2D eigenvalue weighted by molar-refractivity contribution is -0.137. The first kappa shape index (κ1) is 12.1. The Morgan fingerprint density at radius 1 is 1.33 bits per heavy atom. The maximum Gasteiger partial charge on any atom is 0.417 e. The summed E-state index contributed by atoms with van der Waals surface area (Å²) in [5.74, 6) is 0. The molecule has 4 N–H and O–H groups in total. The summed E-state index contributed by atoms with van der Waals surface area (Å²) in [4.78, 5) is 0. The van der Waals surface area contributed by atoms with Gasteiger partial charge in [0.1, 0.15) is 0 Å². The number of rotatable bonds is 1. The highest BCUT2D eigenvalue weighted by Crippen LogP contribution is 2.39. The molecule has 6 heteroatoms. The molecule has 0 saturated heterocycles. The standard InChI is InChI=1S/C9H10ClF3N2/c1-4(14)6-2-5(15)3-7(8(6)10)9(11,12)13/h2-4H,14-15H2,1H3/t4-/m1/s1. The Hall–Kier alpha value is -0.940. The molecule has 15 heavy (non-hydrogen) atoms. The van der Waals surface area contributed by atoms with Gasteiger partial charge < -0.3 is 11.5 Å². The van der Waals surface area contributed by atoms with Crippen LogP contribution in [0.1, 0.15) is 24.1 Å². The highest BCUT2D eigenvalue weighted by Gasteiger charge is 2.34. The van der Waals surface area contributed by atoms with Crippen molar-refractivity contribution in [3.63, 3.8) is 0 Å². The van der Waals surface area contributed by atoms with Crippen molar-refractivity contribution in [1.82, 2.24) is 0 Å². The fourth-order valence-corrected chi connectivity index (χ4v) is 1.60. The van der Waals surface area contributed by atoms with Crippen LogP contribution < -0.4 is 11.5 Å². The fraction of sp³-hybridized carbons (Fsp3) is 0.333. The molecule has 0 unspecified atom stereocenters. The minimum Gasteiger partial charge on any atom is -0.399 e. The maximum atomic E-state index is 12.5. The summed E-state index contributed by atoms with van der Waals surface area (Å²) in [7, 11) is 0. The van der Waals surface area contributed by atoms with Crippen molar-refractivity contribution in [2.24, 2.45) is 5.73 Å². The maximum absolute atomic E-state index is 12.5. The molecule has 0 aliphatic rings. The molecule has 0 radical (unpaired) electrons. The molecule has 0 aliphatic carbocycles. The van der Waals surface area contributed by atoms with Crippen molar-refractivity contribution in [2.75, 3.05) is 5.73 Å². The van der Waals surface area contributed by atoms with Gasteiger partial charge in [0.2, 0.25) is 0 Å². The number of nitrogen functional groups attached to an aromatic ring is 1. The van der Waals surface area contributed by atoms with Crippen LogP contribution in [-0.4, -0.2) is 0 Å². The first-order valence-corrected chi connectivity index (χ1v) is 4.53. The van der Waals surface area contributed by atoms with Crippen LogP contribution in [0.3, 0.4) is 0 Å². The molecule has 1 rings (SSSR count). The summed E-state index contributed by atoms with van der Waals surface area (Å²) in [5.41, 5.74) is 10.1. The molecule has 84 valence electrons. The second-order valence-corrected chi connectivity index (χ2v) is 3.64. The number of hydrogen-bond donors (Lipinski definition) is 2. The van der Waals surface area contributed by atoms with Gasteiger partial charge in [-0.1, -0.05) is 11.6 Å². The summed E-state index contributed by atoms with van der Waals surface area (Å²) in [5, 5.41) is -0.383. The average Bonchev–Trinajstić information content (AvgIpc) is 2.06. The number of anilines is 1. The first-order valence-electron chi connectivity index (χ1n) is 4.15. The molecule has 0 aromatic heterocycles. The Morgan fingerprint density at radius 3 is 2.27 bits per heavy atom. The van der Waals surface area contributed by atoms with Crippen LogP contribution in [0.5, 0.6) is 0 Å². The fourth-order valence-electron chi connectivity index (χ4n) is 1.21. The third-order valence-electron chi connectivity index (χ3n) is 1.92. The Bertz CT molecular complexity index is 374. The van der Waals surface area contributed by atoms with E-state index in [4.69, 9.17) is 23.1 Å². The zero-order chi connectivity index (χ0) is 11.8. The van der Waals surface area contributed by atoms with E-state index in [1.54, 1.807) is 6.92 Å². The van der Waals surface area contributed by atoms with Gasteiger partial charge in [-0.3, -0.25) is 0 Å². The van der Waals surface area contributed by atoms with Crippen LogP contribution in [0, 0.1) is 0 Å². The molecule has 1 aromatic rings. The van der Waals surface area contributed by atoms with E-state index in [2.05, 4.69) is 0 Å². The van der Waals surface area contributed by atoms with Gasteiger partial charge in [-0.05, 0) is 24.6 Å². The third kappa shape index (κ3) is 2.54. The van der Waals surface area contributed by atoms with E-state index in [0.717, 1.165) is 6.07 Å². The lowest BCUT2D eigenvalue weighted by Crippen LogP contribution is -2.12. The predicted molar refractivity (Wildman–Crippen MR) is 53.5 cm³/mol. The zero-order valence-electron chi connectivity index (χ0n) is 7.90. The molecule has 0 saturated carbocycles. The molecule has 1 aromatic carbocycles. The molecule has 1 atom stereocenters. The molecule has 0 fully saturated rings. The quantitative estimate of drug-likeness (QED) is 0.739. The van der Waals surface area contributed by atoms with Crippen LogP contribution in [0.15, 0.2) is 12.1 Å². The van der Waals surface area contributed by atoms with E-state index < -0.39 is 17.8 Å². The molecule has 0 heterocycles. The summed E-state index contributed by atoms with van der Waals surface area (Å²) in [6.07, 6.45) is -4.52. The largest absolute Gasteiger partial charge is 0.417 e. The van der Waals surface area contributed by atoms with Crippen LogP contribution in [-0.2, 0) is 6.18 Å². The van der Waals surface area contributed by atoms with Gasteiger partial charge >= 0.3 is 6.18 Å². The SMILES string of the molecule is C[C@@H](N)c1cc(N)cc(C(F)(F)F)c1Cl. The molecule has 0 aliphatic heterocycles. The first-order chi connectivity index (χ1) is 6.73. The van der Waals surface area contributed by atoms with Gasteiger partial charge in [0.05, 0.1) is 10.6 Å². The zero-order valence-corrected chi connectivity index (χ0v) is 8.65. The van der Waals surface area contributed by atoms with E-state index in [-0.39, 0.29) is 16.3 Å². The van der Waals surface area contributed by atoms with Gasteiger partial charge in [0.15, 0.2) is 0 Å². The Kier molecular flexibility index (Phi) is 3.16. The average molecular weight is 239 g/mol. The summed E-state index contributed by atoms with van der Waals surface area (Å²) >= 11 is 5.60. The number of alkyl halides is 3. The molecule has 0 amide bonds. The second-order valence-electron chi connectivity index (χ2n) is 3.26. The lowest BCUT2D eigenvalue weighted by atomic mass is 10.0. The number of halogens is 4. The highest BCUT2D eigenvalue weighted by atomic mass is 35.5. The van der Waals surface area contributed by atoms with E-state index in [0.29, 0.717) is 0 Å². The van der Waals surface area contributed by atoms with E-state index in [1.165, 1.54) is 6.07 Å². The summed E-state index contributed by atoms with van der Waals surface area (Å²) in [6, 6.07) is 1.55. The van der Waals surface area contributed by atoms with Crippen molar-refractivity contribution in [3.8, 4) is 0 Å². The molecular weight excluding hydrogens is 229 g/mol. The van der Waals surface area contributed by atoms with Crippen molar-refractivity contribution in [2.45, 2.75) is 19.1 Å². The Balaban J connectivity index is 3.42. The van der Waals surface area contributed by atoms with Crippen LogP contribution in [0.2, 0.25) is 5.02 Å². The van der Waals surface area contributed by atoms with E-state index >= 15 is 0 Å². The van der Waals surface area contributed by atoms with Crippen LogP contribution >= 0.6 is 11.6 Å². The van der Waals surface area contributed by atoms with Gasteiger partial charge in [0, 0.05) is 11.7 Å². The van der Waals surface area contributed by atoms with Gasteiger partial charge in [-0.25, -0.2) is 0 Å². The normalized spacial score (nSPS) is 14.0. The van der Waals surface area contributed by atoms with Gasteiger partial charge in [0.25, 0.3) is 0 Å². The summed E-state index contributed by atoms with van der Waals surface area (Å²) in [6.45, 7) is 1.54. The predicted octanol–water partition coefficient (Wildman–Crippen LogP) is 2.96. The number of nitrogens with two attached hydrogens (primary N) is 2. The smallest absolute Gasteiger partial charge is 0.399 e. The second kappa shape index (κ2) is 3.90. The Morgan fingerprint density at radius 2 is 1.87 bits per heavy atom. The van der Waals surface area contributed by atoms with E-state index in [1.807, 2.05) is 0 Å². The lowest BCUT2D eigenvalue weighted by Gasteiger charge is -2.15. The van der Waals surface area contributed by atoms with E-state index in [9.17, 15) is 13.2 Å². The molecule has 2 nitrogen and oxygen atoms in total. The monoisotopic (exact) mass is 238 g/mol. The van der Waals surface area contributed by atoms with Crippen molar-refractivity contribution >= 4 is 17.3 Å².